The van der Waals surface area contributed by atoms with Crippen molar-refractivity contribution in [2.75, 3.05) is 52.7 Å². The number of nitrogens with zero attached hydrogens (tertiary/aromatic N) is 4. The van der Waals surface area contributed by atoms with Crippen molar-refractivity contribution >= 4 is 27.6 Å². The van der Waals surface area contributed by atoms with Gasteiger partial charge in [0, 0.05) is 54.7 Å². The number of morpholine rings is 1. The topological polar surface area (TPSA) is 80.0 Å². The van der Waals surface area contributed by atoms with E-state index in [-0.39, 0.29) is 5.97 Å². The van der Waals surface area contributed by atoms with E-state index in [4.69, 9.17) is 24.0 Å². The minimum atomic E-state index is -0.270. The molecule has 9 nitrogen and oxygen atoms in total. The Labute approximate surface area is 282 Å². The fourth-order valence-corrected chi connectivity index (χ4v) is 7.36. The Morgan fingerprint density at radius 1 is 0.896 bits per heavy atom. The maximum Gasteiger partial charge on any atom is 0.355 e. The fourth-order valence-electron chi connectivity index (χ4n) is 7.36. The molecule has 3 aromatic carbocycles. The molecule has 5 aromatic rings. The number of carbonyl (C=O) groups is 1. The fraction of sp³-hybridized carbons (Fsp3) is 0.436. The average Bonchev–Trinajstić information content (AvgIpc) is 3.59. The second-order valence-corrected chi connectivity index (χ2v) is 12.7. The summed E-state index contributed by atoms with van der Waals surface area (Å²) in [5.74, 6) is 0.614. The molecule has 0 aliphatic carbocycles. The highest BCUT2D eigenvalue weighted by Crippen LogP contribution is 2.39. The van der Waals surface area contributed by atoms with Gasteiger partial charge in [0.15, 0.2) is 0 Å². The first kappa shape index (κ1) is 32.4. The van der Waals surface area contributed by atoms with Crippen molar-refractivity contribution in [2.24, 2.45) is 0 Å². The van der Waals surface area contributed by atoms with Gasteiger partial charge in [-0.3, -0.25) is 9.58 Å². The quantitative estimate of drug-likeness (QED) is 0.122. The zero-order valence-corrected chi connectivity index (χ0v) is 28.2. The molecule has 0 radical (unpaired) electrons. The van der Waals surface area contributed by atoms with Crippen LogP contribution in [-0.2, 0) is 40.3 Å². The predicted molar refractivity (Wildman–Crippen MR) is 188 cm³/mol. The first-order valence-electron chi connectivity index (χ1n) is 17.5. The van der Waals surface area contributed by atoms with Crippen LogP contribution in [0.2, 0.25) is 0 Å². The third-order valence-corrected chi connectivity index (χ3v) is 9.63. The number of esters is 1. The Morgan fingerprint density at radius 3 is 2.58 bits per heavy atom. The maximum absolute atomic E-state index is 13.8. The third-order valence-electron chi connectivity index (χ3n) is 9.63. The lowest BCUT2D eigenvalue weighted by molar-refractivity contribution is 0.0354. The van der Waals surface area contributed by atoms with Gasteiger partial charge in [-0.2, -0.15) is 5.10 Å². The van der Waals surface area contributed by atoms with Crippen molar-refractivity contribution in [3.05, 3.63) is 83.3 Å². The van der Waals surface area contributed by atoms with E-state index in [0.717, 1.165) is 114 Å². The van der Waals surface area contributed by atoms with E-state index in [1.165, 1.54) is 0 Å². The van der Waals surface area contributed by atoms with E-state index < -0.39 is 0 Å². The summed E-state index contributed by atoms with van der Waals surface area (Å²) in [4.78, 5) is 16.2. The number of hydrogen-bond donors (Lipinski definition) is 0. The molecule has 0 saturated carbocycles. The number of ether oxygens (including phenoxy) is 4. The molecule has 1 saturated heterocycles. The largest absolute Gasteiger partial charge is 0.493 e. The molecule has 2 aromatic heterocycles. The van der Waals surface area contributed by atoms with Gasteiger partial charge in [0.1, 0.15) is 11.4 Å². The van der Waals surface area contributed by atoms with Gasteiger partial charge in [0.25, 0.3) is 0 Å². The van der Waals surface area contributed by atoms with Crippen LogP contribution in [0, 0.1) is 6.92 Å². The summed E-state index contributed by atoms with van der Waals surface area (Å²) in [5, 5.41) is 8.43. The predicted octanol–water partition coefficient (Wildman–Crippen LogP) is 6.80. The van der Waals surface area contributed by atoms with Crippen LogP contribution >= 0.6 is 0 Å². The summed E-state index contributed by atoms with van der Waals surface area (Å²) in [6, 6.07) is 20.9. The van der Waals surface area contributed by atoms with Gasteiger partial charge in [0.2, 0.25) is 0 Å². The van der Waals surface area contributed by atoms with Gasteiger partial charge in [-0.05, 0) is 56.5 Å². The van der Waals surface area contributed by atoms with E-state index >= 15 is 0 Å². The summed E-state index contributed by atoms with van der Waals surface area (Å²) in [6.45, 7) is 11.8. The molecule has 0 unspecified atom stereocenters. The molecule has 0 bridgehead atoms. The van der Waals surface area contributed by atoms with Crippen LogP contribution < -0.4 is 4.74 Å². The maximum atomic E-state index is 13.8. The first-order chi connectivity index (χ1) is 23.6. The molecule has 0 spiro atoms. The lowest BCUT2D eigenvalue weighted by Crippen LogP contribution is -2.38. The Balaban J connectivity index is 1.26. The van der Waals surface area contributed by atoms with Crippen LogP contribution in [0.15, 0.2) is 60.7 Å². The molecule has 0 atom stereocenters. The lowest BCUT2D eigenvalue weighted by Gasteiger charge is -2.26. The van der Waals surface area contributed by atoms with Crippen LogP contribution in [0.4, 0.5) is 0 Å². The Hall–Kier alpha value is -4.18. The molecular weight excluding hydrogens is 604 g/mol. The van der Waals surface area contributed by atoms with Crippen molar-refractivity contribution in [1.29, 1.82) is 0 Å². The number of benzene rings is 3. The zero-order valence-electron chi connectivity index (χ0n) is 28.2. The van der Waals surface area contributed by atoms with E-state index in [9.17, 15) is 4.79 Å². The summed E-state index contributed by atoms with van der Waals surface area (Å²) in [5.41, 5.74) is 7.01. The number of hydrogen-bond acceptors (Lipinski definition) is 7. The number of fused-ring (bicyclic) bond motifs is 3. The van der Waals surface area contributed by atoms with Crippen LogP contribution in [-0.4, -0.2) is 77.9 Å². The highest BCUT2D eigenvalue weighted by atomic mass is 16.5. The summed E-state index contributed by atoms with van der Waals surface area (Å²) in [6.07, 6.45) is 3.25. The number of aryl methyl sites for hydroxylation is 3. The van der Waals surface area contributed by atoms with Crippen molar-refractivity contribution < 1.29 is 23.7 Å². The van der Waals surface area contributed by atoms with Gasteiger partial charge in [-0.1, -0.05) is 54.6 Å². The molecule has 1 fully saturated rings. The van der Waals surface area contributed by atoms with Gasteiger partial charge < -0.3 is 23.5 Å². The van der Waals surface area contributed by atoms with Gasteiger partial charge in [-0.15, -0.1) is 0 Å². The van der Waals surface area contributed by atoms with Crippen LogP contribution in [0.25, 0.3) is 32.8 Å². The molecule has 0 amide bonds. The summed E-state index contributed by atoms with van der Waals surface area (Å²) < 4.78 is 28.3. The molecule has 2 aliphatic rings. The minimum absolute atomic E-state index is 0.270. The monoisotopic (exact) mass is 650 g/mol. The normalized spacial score (nSPS) is 15.7. The molecule has 4 heterocycles. The van der Waals surface area contributed by atoms with Crippen molar-refractivity contribution in [1.82, 2.24) is 19.2 Å². The molecule has 48 heavy (non-hydrogen) atoms. The molecular formula is C39H46N4O5. The summed E-state index contributed by atoms with van der Waals surface area (Å²) >= 11 is 0. The number of para-hydroxylation sites is 1. The molecule has 2 aliphatic heterocycles. The highest BCUT2D eigenvalue weighted by molar-refractivity contribution is 6.05. The van der Waals surface area contributed by atoms with Crippen molar-refractivity contribution in [3.8, 4) is 16.9 Å². The lowest BCUT2D eigenvalue weighted by atomic mass is 9.98. The van der Waals surface area contributed by atoms with Crippen LogP contribution in [0.5, 0.6) is 5.75 Å². The van der Waals surface area contributed by atoms with E-state index in [1.807, 2.05) is 31.2 Å². The van der Waals surface area contributed by atoms with E-state index in [0.29, 0.717) is 45.1 Å². The second-order valence-electron chi connectivity index (χ2n) is 12.7. The van der Waals surface area contributed by atoms with Gasteiger partial charge in [-0.25, -0.2) is 4.79 Å². The average molecular weight is 651 g/mol. The minimum Gasteiger partial charge on any atom is -0.493 e. The molecule has 7 rings (SSSR count). The van der Waals surface area contributed by atoms with Crippen LogP contribution in [0.1, 0.15) is 53.6 Å². The SMILES string of the molecule is CCOC(=O)c1c(CCCOc2cccc3ccccc23)c2cccc3c2n1CCCCOCc1c-3c(C)nn1CCN1CCOCC1. The van der Waals surface area contributed by atoms with Crippen LogP contribution in [0.3, 0.4) is 0 Å². The second kappa shape index (κ2) is 14.9. The summed E-state index contributed by atoms with van der Waals surface area (Å²) in [7, 11) is 0. The van der Waals surface area contributed by atoms with E-state index in [1.54, 1.807) is 0 Å². The van der Waals surface area contributed by atoms with Gasteiger partial charge >= 0.3 is 5.97 Å². The zero-order chi connectivity index (χ0) is 32.9. The highest BCUT2D eigenvalue weighted by Gasteiger charge is 2.28. The smallest absolute Gasteiger partial charge is 0.355 e. The third kappa shape index (κ3) is 6.59. The molecule has 0 N–H and O–H groups in total. The number of rotatable bonds is 10. The van der Waals surface area contributed by atoms with E-state index in [2.05, 4.69) is 57.5 Å². The first-order valence-corrected chi connectivity index (χ1v) is 17.5. The Bertz CT molecular complexity index is 1880. The van der Waals surface area contributed by atoms with Crippen molar-refractivity contribution in [3.63, 3.8) is 0 Å². The van der Waals surface area contributed by atoms with Crippen molar-refractivity contribution in [2.45, 2.75) is 59.2 Å². The standard InChI is InChI=1S/C39H46N4O5/c1-3-47-39(44)38-32(16-10-24-48-35-17-8-12-29-11-4-5-13-30(29)35)31-14-9-15-33-36-28(2)40-43(20-19-41-21-25-45-26-22-41)34(36)27-46-23-7-6-18-42(38)37(31)33/h4-5,8-9,11-15,17H,3,6-7,10,16,18-27H2,1-2H3. The Morgan fingerprint density at radius 2 is 1.71 bits per heavy atom. The number of aromatic nitrogens is 3. The molecule has 9 heteroatoms. The van der Waals surface area contributed by atoms with Gasteiger partial charge in [0.05, 0.1) is 56.5 Å². The molecule has 252 valence electrons. The Kier molecular flexibility index (Phi) is 10.1. The number of carbonyl (C=O) groups excluding carboxylic acids is 1.